The standard InChI is InChI=1S/C35H31ClN2O6/c1-4-40-31-16-24(10-15-29(31)41-19-23-8-11-25(36)12-9-23)33-27-14-13-26(17-30(27)44-35(38)28(33)18-37)43-32(39)20-42-34-21(2)6-5-7-22(34)3/h5-17,33H,4,19-20,38H2,1-3H3. The number of esters is 1. The van der Waals surface area contributed by atoms with E-state index < -0.39 is 11.9 Å². The van der Waals surface area contributed by atoms with Crippen LogP contribution in [0, 0.1) is 25.2 Å². The highest BCUT2D eigenvalue weighted by molar-refractivity contribution is 6.30. The third kappa shape index (κ3) is 6.74. The van der Waals surface area contributed by atoms with Crippen LogP contribution in [0.5, 0.6) is 28.7 Å². The number of hydrogen-bond acceptors (Lipinski definition) is 8. The molecule has 0 aliphatic carbocycles. The number of nitriles is 1. The molecule has 1 aliphatic heterocycles. The summed E-state index contributed by atoms with van der Waals surface area (Å²) in [5, 5.41) is 10.7. The number of allylic oxidation sites excluding steroid dienone is 1. The molecule has 4 aromatic carbocycles. The van der Waals surface area contributed by atoms with E-state index in [1.165, 1.54) is 0 Å². The number of benzene rings is 4. The minimum absolute atomic E-state index is 0.0344. The fraction of sp³-hybridized carbons (Fsp3) is 0.200. The first-order valence-corrected chi connectivity index (χ1v) is 14.4. The minimum Gasteiger partial charge on any atom is -0.490 e. The van der Waals surface area contributed by atoms with Gasteiger partial charge < -0.3 is 29.4 Å². The van der Waals surface area contributed by atoms with Gasteiger partial charge in [-0.3, -0.25) is 0 Å². The summed E-state index contributed by atoms with van der Waals surface area (Å²) >= 11 is 6.00. The molecular weight excluding hydrogens is 580 g/mol. The summed E-state index contributed by atoms with van der Waals surface area (Å²) in [4.78, 5) is 12.6. The first-order valence-electron chi connectivity index (χ1n) is 14.0. The second kappa shape index (κ2) is 13.4. The van der Waals surface area contributed by atoms with E-state index in [9.17, 15) is 10.1 Å². The highest BCUT2D eigenvalue weighted by Gasteiger charge is 2.32. The maximum atomic E-state index is 12.6. The number of carbonyl (C=O) groups excluding carboxylic acids is 1. The lowest BCUT2D eigenvalue weighted by molar-refractivity contribution is -0.136. The highest BCUT2D eigenvalue weighted by atomic mass is 35.5. The SMILES string of the molecule is CCOc1cc(C2C(C#N)=C(N)Oc3cc(OC(=O)COc4c(C)cccc4C)ccc32)ccc1OCc1ccc(Cl)cc1. The lowest BCUT2D eigenvalue weighted by Gasteiger charge is -2.27. The van der Waals surface area contributed by atoms with Crippen molar-refractivity contribution in [2.75, 3.05) is 13.2 Å². The van der Waals surface area contributed by atoms with Gasteiger partial charge >= 0.3 is 5.97 Å². The van der Waals surface area contributed by atoms with Crippen LogP contribution in [0.15, 0.2) is 90.3 Å². The molecule has 1 heterocycles. The molecule has 5 rings (SSSR count). The lowest BCUT2D eigenvalue weighted by Crippen LogP contribution is -2.22. The van der Waals surface area contributed by atoms with E-state index in [1.54, 1.807) is 18.2 Å². The van der Waals surface area contributed by atoms with Crippen molar-refractivity contribution in [1.82, 2.24) is 0 Å². The Labute approximate surface area is 261 Å². The molecular formula is C35H31ClN2O6. The summed E-state index contributed by atoms with van der Waals surface area (Å²) in [6.45, 7) is 6.18. The normalized spacial score (nSPS) is 13.8. The van der Waals surface area contributed by atoms with E-state index in [4.69, 9.17) is 41.0 Å². The largest absolute Gasteiger partial charge is 0.490 e. The Kier molecular flexibility index (Phi) is 9.27. The van der Waals surface area contributed by atoms with Gasteiger partial charge in [0.1, 0.15) is 35.5 Å². The third-order valence-corrected chi connectivity index (χ3v) is 7.33. The number of hydrogen-bond donors (Lipinski definition) is 1. The fourth-order valence-electron chi connectivity index (χ4n) is 4.99. The van der Waals surface area contributed by atoms with Gasteiger partial charge in [-0.15, -0.1) is 0 Å². The number of nitrogens with zero attached hydrogens (tertiary/aromatic N) is 1. The molecule has 1 unspecified atom stereocenters. The Morgan fingerprint density at radius 2 is 1.70 bits per heavy atom. The van der Waals surface area contributed by atoms with Crippen LogP contribution in [-0.2, 0) is 11.4 Å². The molecule has 0 fully saturated rings. The summed E-state index contributed by atoms with van der Waals surface area (Å²) < 4.78 is 29.1. The van der Waals surface area contributed by atoms with Crippen LogP contribution in [0.4, 0.5) is 0 Å². The van der Waals surface area contributed by atoms with E-state index in [0.717, 1.165) is 22.3 Å². The van der Waals surface area contributed by atoms with Crippen molar-refractivity contribution in [3.8, 4) is 34.8 Å². The molecule has 224 valence electrons. The number of ether oxygens (including phenoxy) is 5. The molecule has 1 aliphatic rings. The van der Waals surface area contributed by atoms with E-state index in [2.05, 4.69) is 6.07 Å². The van der Waals surface area contributed by atoms with Crippen LogP contribution in [0.25, 0.3) is 0 Å². The zero-order valence-corrected chi connectivity index (χ0v) is 25.3. The molecule has 9 heteroatoms. The van der Waals surface area contributed by atoms with Gasteiger partial charge in [-0.05, 0) is 73.4 Å². The van der Waals surface area contributed by atoms with Gasteiger partial charge in [-0.25, -0.2) is 4.79 Å². The van der Waals surface area contributed by atoms with Crippen LogP contribution in [0.2, 0.25) is 5.02 Å². The molecule has 44 heavy (non-hydrogen) atoms. The number of aryl methyl sites for hydroxylation is 2. The van der Waals surface area contributed by atoms with Gasteiger partial charge in [0, 0.05) is 16.7 Å². The number of halogens is 1. The molecule has 2 N–H and O–H groups in total. The summed E-state index contributed by atoms with van der Waals surface area (Å²) in [6, 6.07) is 25.8. The first-order chi connectivity index (χ1) is 21.3. The van der Waals surface area contributed by atoms with E-state index >= 15 is 0 Å². The van der Waals surface area contributed by atoms with Gasteiger partial charge in [0.05, 0.1) is 12.5 Å². The Morgan fingerprint density at radius 1 is 0.955 bits per heavy atom. The Balaban J connectivity index is 1.37. The molecule has 1 atom stereocenters. The van der Waals surface area contributed by atoms with Crippen molar-refractivity contribution in [2.24, 2.45) is 5.73 Å². The Morgan fingerprint density at radius 3 is 2.41 bits per heavy atom. The zero-order valence-electron chi connectivity index (χ0n) is 24.6. The van der Waals surface area contributed by atoms with Crippen LogP contribution >= 0.6 is 11.6 Å². The molecule has 0 aromatic heterocycles. The van der Waals surface area contributed by atoms with Crippen molar-refractivity contribution in [3.63, 3.8) is 0 Å². The predicted molar refractivity (Wildman–Crippen MR) is 166 cm³/mol. The van der Waals surface area contributed by atoms with Gasteiger partial charge in [0.25, 0.3) is 0 Å². The second-order valence-corrected chi connectivity index (χ2v) is 10.6. The Bertz CT molecular complexity index is 1740. The first kappa shape index (κ1) is 30.3. The van der Waals surface area contributed by atoms with Gasteiger partial charge in [0.15, 0.2) is 18.1 Å². The molecule has 0 radical (unpaired) electrons. The van der Waals surface area contributed by atoms with E-state index in [0.29, 0.717) is 46.8 Å². The van der Waals surface area contributed by atoms with Gasteiger partial charge in [0.2, 0.25) is 5.88 Å². The summed E-state index contributed by atoms with van der Waals surface area (Å²) in [7, 11) is 0. The maximum Gasteiger partial charge on any atom is 0.349 e. The van der Waals surface area contributed by atoms with Crippen molar-refractivity contribution >= 4 is 17.6 Å². The van der Waals surface area contributed by atoms with Crippen molar-refractivity contribution < 1.29 is 28.5 Å². The quantitative estimate of drug-likeness (QED) is 0.149. The topological polar surface area (TPSA) is 113 Å². The van der Waals surface area contributed by atoms with Gasteiger partial charge in [-0.2, -0.15) is 5.26 Å². The number of para-hydroxylation sites is 1. The lowest BCUT2D eigenvalue weighted by atomic mass is 9.83. The number of fused-ring (bicyclic) bond motifs is 1. The summed E-state index contributed by atoms with van der Waals surface area (Å²) in [5.41, 5.74) is 10.7. The highest BCUT2D eigenvalue weighted by Crippen LogP contribution is 2.45. The van der Waals surface area contributed by atoms with Crippen LogP contribution in [-0.4, -0.2) is 19.2 Å². The number of rotatable bonds is 10. The maximum absolute atomic E-state index is 12.6. The zero-order chi connectivity index (χ0) is 31.2. The van der Waals surface area contributed by atoms with Crippen molar-refractivity contribution in [2.45, 2.75) is 33.3 Å². The van der Waals surface area contributed by atoms with Crippen molar-refractivity contribution in [3.05, 3.63) is 123 Å². The molecule has 4 aromatic rings. The monoisotopic (exact) mass is 610 g/mol. The third-order valence-electron chi connectivity index (χ3n) is 7.07. The van der Waals surface area contributed by atoms with Crippen LogP contribution in [0.1, 0.15) is 40.7 Å². The average molecular weight is 611 g/mol. The minimum atomic E-state index is -0.572. The fourth-order valence-corrected chi connectivity index (χ4v) is 5.12. The van der Waals surface area contributed by atoms with Crippen LogP contribution < -0.4 is 29.4 Å². The molecule has 0 amide bonds. The summed E-state index contributed by atoms with van der Waals surface area (Å²) in [5.74, 6) is 1.20. The molecule has 0 saturated heterocycles. The molecule has 8 nitrogen and oxygen atoms in total. The number of carbonyl (C=O) groups is 1. The van der Waals surface area contributed by atoms with Crippen molar-refractivity contribution in [1.29, 1.82) is 5.26 Å². The van der Waals surface area contributed by atoms with E-state index in [-0.39, 0.29) is 23.8 Å². The second-order valence-electron chi connectivity index (χ2n) is 10.2. The smallest absolute Gasteiger partial charge is 0.349 e. The van der Waals surface area contributed by atoms with Gasteiger partial charge in [-0.1, -0.05) is 54.1 Å². The predicted octanol–water partition coefficient (Wildman–Crippen LogP) is 7.14. The molecule has 0 spiro atoms. The number of nitrogens with two attached hydrogens (primary N) is 1. The summed E-state index contributed by atoms with van der Waals surface area (Å²) in [6.07, 6.45) is 0. The van der Waals surface area contributed by atoms with Crippen LogP contribution in [0.3, 0.4) is 0 Å². The van der Waals surface area contributed by atoms with E-state index in [1.807, 2.05) is 81.4 Å². The Hall–Kier alpha value is -5.13. The average Bonchev–Trinajstić information content (AvgIpc) is 3.00. The molecule has 0 saturated carbocycles. The molecule has 0 bridgehead atoms.